The zero-order chi connectivity index (χ0) is 34.9. The van der Waals surface area contributed by atoms with Crippen LogP contribution in [0.25, 0.3) is 98.9 Å². The van der Waals surface area contributed by atoms with Gasteiger partial charge in [0.05, 0.1) is 39.0 Å². The van der Waals surface area contributed by atoms with Crippen LogP contribution in [0.5, 0.6) is 0 Å². The fourth-order valence-corrected chi connectivity index (χ4v) is 8.20. The molecule has 0 aliphatic carbocycles. The van der Waals surface area contributed by atoms with Crippen molar-refractivity contribution in [1.29, 1.82) is 5.26 Å². The lowest BCUT2D eigenvalue weighted by Gasteiger charge is -2.19. The average molecular weight is 682 g/mol. The molecule has 0 aliphatic rings. The average Bonchev–Trinajstić information content (AvgIpc) is 3.91. The van der Waals surface area contributed by atoms with Crippen LogP contribution in [0.3, 0.4) is 0 Å². The molecule has 0 bridgehead atoms. The molecule has 4 aromatic heterocycles. The fraction of sp³-hybridized carbons (Fsp3) is 0.0227. The highest BCUT2D eigenvalue weighted by Gasteiger charge is 2.34. The molecule has 0 saturated heterocycles. The van der Waals surface area contributed by atoms with E-state index in [2.05, 4.69) is 6.07 Å². The highest BCUT2D eigenvalue weighted by atomic mass is 19.4. The van der Waals surface area contributed by atoms with Crippen molar-refractivity contribution in [3.8, 4) is 17.4 Å². The smallest absolute Gasteiger partial charge is 0.416 e. The molecular formula is C44H22F3N3O2. The first-order valence-electron chi connectivity index (χ1n) is 16.7. The van der Waals surface area contributed by atoms with Gasteiger partial charge >= 0.3 is 6.18 Å². The highest BCUT2D eigenvalue weighted by Crippen LogP contribution is 2.45. The minimum Gasteiger partial charge on any atom is -0.454 e. The zero-order valence-corrected chi connectivity index (χ0v) is 27.0. The van der Waals surface area contributed by atoms with Crippen LogP contribution in [0.4, 0.5) is 13.2 Å². The number of nitrogens with zero attached hydrogens (tertiary/aromatic N) is 3. The third-order valence-electron chi connectivity index (χ3n) is 10.4. The van der Waals surface area contributed by atoms with E-state index in [1.807, 2.05) is 121 Å². The van der Waals surface area contributed by atoms with Crippen LogP contribution in [0.1, 0.15) is 11.1 Å². The molecule has 11 rings (SSSR count). The predicted octanol–water partition coefficient (Wildman–Crippen LogP) is 12.6. The third kappa shape index (κ3) is 3.71. The first-order chi connectivity index (χ1) is 25.4. The quantitative estimate of drug-likeness (QED) is 0.182. The summed E-state index contributed by atoms with van der Waals surface area (Å²) in [5.74, 6) is 0. The van der Waals surface area contributed by atoms with Gasteiger partial charge in [0.1, 0.15) is 22.8 Å². The Morgan fingerprint density at radius 3 is 1.33 bits per heavy atom. The third-order valence-corrected chi connectivity index (χ3v) is 10.4. The molecule has 8 heteroatoms. The van der Waals surface area contributed by atoms with Crippen molar-refractivity contribution in [2.24, 2.45) is 0 Å². The van der Waals surface area contributed by atoms with E-state index in [9.17, 15) is 5.26 Å². The number of furan rings is 2. The maximum Gasteiger partial charge on any atom is 0.416 e. The minimum absolute atomic E-state index is 0.0690. The number of fused-ring (bicyclic) bond motifs is 14. The monoisotopic (exact) mass is 681 g/mol. The number of rotatable bonds is 2. The lowest BCUT2D eigenvalue weighted by atomic mass is 10.0. The molecule has 0 aliphatic heterocycles. The molecule has 5 nitrogen and oxygen atoms in total. The molecule has 52 heavy (non-hydrogen) atoms. The molecule has 4 heterocycles. The summed E-state index contributed by atoms with van der Waals surface area (Å²) in [7, 11) is 0. The topological polar surface area (TPSA) is 59.9 Å². The second-order valence-corrected chi connectivity index (χ2v) is 13.1. The lowest BCUT2D eigenvalue weighted by molar-refractivity contribution is -0.137. The van der Waals surface area contributed by atoms with E-state index in [0.717, 1.165) is 55.2 Å². The summed E-state index contributed by atoms with van der Waals surface area (Å²) >= 11 is 0. The van der Waals surface area contributed by atoms with Gasteiger partial charge in [0, 0.05) is 43.1 Å². The second kappa shape index (κ2) is 10.1. The molecule has 0 fully saturated rings. The molecule has 246 valence electrons. The van der Waals surface area contributed by atoms with Crippen molar-refractivity contribution in [2.45, 2.75) is 6.18 Å². The molecule has 11 aromatic rings. The summed E-state index contributed by atoms with van der Waals surface area (Å²) in [6, 6.07) is 42.8. The second-order valence-electron chi connectivity index (χ2n) is 13.1. The standard InChI is InChI=1S/C44H22F3N3O2/c45-44(46,47)24-21-36(49-34-13-5-1-9-25(34)29-17-19-31-27-11-3-7-15-38(27)51-42(31)40(29)49)33(23-48)37(22-24)50-35-14-6-2-10-26(35)30-18-20-32-28-12-4-8-16-39(28)52-43(32)41(30)50/h1-22H. The largest absolute Gasteiger partial charge is 0.454 e. The molecule has 0 amide bonds. The first kappa shape index (κ1) is 28.8. The van der Waals surface area contributed by atoms with Crippen LogP contribution in [-0.4, -0.2) is 9.13 Å². The van der Waals surface area contributed by atoms with E-state index < -0.39 is 11.7 Å². The maximum atomic E-state index is 15.2. The summed E-state index contributed by atoms with van der Waals surface area (Å²) < 4.78 is 62.0. The molecule has 0 unspecified atom stereocenters. The van der Waals surface area contributed by atoms with Crippen molar-refractivity contribution < 1.29 is 22.0 Å². The van der Waals surface area contributed by atoms with Crippen LogP contribution in [0, 0.1) is 11.3 Å². The summed E-state index contributed by atoms with van der Waals surface area (Å²) in [4.78, 5) is 0. The number of alkyl halides is 3. The molecule has 7 aromatic carbocycles. The van der Waals surface area contributed by atoms with Crippen LogP contribution in [0.2, 0.25) is 0 Å². The van der Waals surface area contributed by atoms with E-state index in [1.165, 1.54) is 0 Å². The van der Waals surface area contributed by atoms with Crippen molar-refractivity contribution in [1.82, 2.24) is 9.13 Å². The van der Waals surface area contributed by atoms with Crippen molar-refractivity contribution in [3.05, 3.63) is 145 Å². The number of aromatic nitrogens is 2. The molecule has 0 atom stereocenters. The first-order valence-corrected chi connectivity index (χ1v) is 16.7. The Morgan fingerprint density at radius 2 is 0.885 bits per heavy atom. The van der Waals surface area contributed by atoms with Gasteiger partial charge in [0.25, 0.3) is 0 Å². The Kier molecular flexibility index (Phi) is 5.57. The van der Waals surface area contributed by atoms with Gasteiger partial charge in [0.15, 0.2) is 11.2 Å². The summed E-state index contributed by atoms with van der Waals surface area (Å²) in [5.41, 5.74) is 4.20. The SMILES string of the molecule is N#Cc1c(-n2c3ccccc3c3ccc4c5ccccc5oc4c32)cc(C(F)(F)F)cc1-n1c2ccccc2c2ccc3c4ccccc4oc3c21. The maximum absolute atomic E-state index is 15.2. The Hall–Kier alpha value is -6.98. The normalized spacial score (nSPS) is 12.5. The van der Waals surface area contributed by atoms with Crippen LogP contribution in [-0.2, 0) is 6.18 Å². The van der Waals surface area contributed by atoms with E-state index in [0.29, 0.717) is 44.4 Å². The summed E-state index contributed by atoms with van der Waals surface area (Å²) in [6.45, 7) is 0. The van der Waals surface area contributed by atoms with E-state index in [4.69, 9.17) is 8.83 Å². The number of benzene rings is 7. The summed E-state index contributed by atoms with van der Waals surface area (Å²) in [5, 5.41) is 17.8. The highest BCUT2D eigenvalue weighted by molar-refractivity contribution is 6.23. The van der Waals surface area contributed by atoms with Gasteiger partial charge in [-0.1, -0.05) is 84.9 Å². The van der Waals surface area contributed by atoms with Gasteiger partial charge < -0.3 is 18.0 Å². The Balaban J connectivity index is 1.35. The van der Waals surface area contributed by atoms with Crippen LogP contribution < -0.4 is 0 Å². The zero-order valence-electron chi connectivity index (χ0n) is 27.0. The summed E-state index contributed by atoms with van der Waals surface area (Å²) in [6.07, 6.45) is -4.74. The van der Waals surface area contributed by atoms with Gasteiger partial charge in [-0.2, -0.15) is 18.4 Å². The minimum atomic E-state index is -4.74. The lowest BCUT2D eigenvalue weighted by Crippen LogP contribution is -2.11. The van der Waals surface area contributed by atoms with Gasteiger partial charge in [-0.15, -0.1) is 0 Å². The Labute approximate surface area is 291 Å². The number of hydrogen-bond donors (Lipinski definition) is 0. The van der Waals surface area contributed by atoms with E-state index in [1.54, 1.807) is 9.13 Å². The molecule has 0 spiro atoms. The number of hydrogen-bond acceptors (Lipinski definition) is 3. The molecular weight excluding hydrogens is 659 g/mol. The van der Waals surface area contributed by atoms with Crippen LogP contribution >= 0.6 is 0 Å². The van der Waals surface area contributed by atoms with Gasteiger partial charge in [-0.3, -0.25) is 0 Å². The predicted molar refractivity (Wildman–Crippen MR) is 199 cm³/mol. The van der Waals surface area contributed by atoms with Crippen molar-refractivity contribution >= 4 is 87.5 Å². The number of para-hydroxylation sites is 4. The van der Waals surface area contributed by atoms with Gasteiger partial charge in [0.2, 0.25) is 0 Å². The van der Waals surface area contributed by atoms with Crippen molar-refractivity contribution in [2.75, 3.05) is 0 Å². The number of nitriles is 1. The molecule has 0 radical (unpaired) electrons. The number of halogens is 3. The fourth-order valence-electron chi connectivity index (χ4n) is 8.20. The van der Waals surface area contributed by atoms with Crippen molar-refractivity contribution in [3.63, 3.8) is 0 Å². The Morgan fingerprint density at radius 1 is 0.481 bits per heavy atom. The molecule has 0 saturated carbocycles. The van der Waals surface area contributed by atoms with Crippen LogP contribution in [0.15, 0.2) is 142 Å². The molecule has 0 N–H and O–H groups in total. The van der Waals surface area contributed by atoms with Gasteiger partial charge in [-0.25, -0.2) is 0 Å². The Bertz CT molecular complexity index is 3160. The van der Waals surface area contributed by atoms with E-state index >= 15 is 13.2 Å². The van der Waals surface area contributed by atoms with E-state index in [-0.39, 0.29) is 16.9 Å². The van der Waals surface area contributed by atoms with Gasteiger partial charge in [-0.05, 0) is 48.5 Å².